The molecular formula is C24H34ClN3O2. The molecule has 2 aliphatic heterocycles. The molecule has 164 valence electrons. The van der Waals surface area contributed by atoms with Crippen molar-refractivity contribution in [2.75, 3.05) is 39.3 Å². The van der Waals surface area contributed by atoms with Gasteiger partial charge in [-0.2, -0.15) is 0 Å². The first-order valence-electron chi connectivity index (χ1n) is 11.6. The summed E-state index contributed by atoms with van der Waals surface area (Å²) in [5, 5.41) is 0.640. The smallest absolute Gasteiger partial charge is 0.253 e. The molecular weight excluding hydrogens is 398 g/mol. The van der Waals surface area contributed by atoms with Gasteiger partial charge in [0, 0.05) is 49.9 Å². The number of carbonyl (C=O) groups excluding carboxylic acids is 2. The minimum Gasteiger partial charge on any atom is -0.341 e. The first-order valence-corrected chi connectivity index (χ1v) is 12.0. The molecule has 0 aromatic heterocycles. The zero-order valence-electron chi connectivity index (χ0n) is 18.1. The predicted molar refractivity (Wildman–Crippen MR) is 120 cm³/mol. The molecule has 5 nitrogen and oxygen atoms in total. The third-order valence-corrected chi connectivity index (χ3v) is 7.53. The maximum atomic E-state index is 13.6. The Bertz CT molecular complexity index is 731. The summed E-state index contributed by atoms with van der Waals surface area (Å²) in [5.74, 6) is 1.59. The van der Waals surface area contributed by atoms with E-state index in [2.05, 4.69) is 16.7 Å². The quantitative estimate of drug-likeness (QED) is 0.725. The van der Waals surface area contributed by atoms with Crippen LogP contribution in [-0.4, -0.2) is 71.8 Å². The van der Waals surface area contributed by atoms with Crippen LogP contribution in [-0.2, 0) is 4.79 Å². The fourth-order valence-corrected chi connectivity index (χ4v) is 5.45. The maximum absolute atomic E-state index is 13.6. The molecule has 3 fully saturated rings. The van der Waals surface area contributed by atoms with Gasteiger partial charge >= 0.3 is 0 Å². The number of halogens is 1. The van der Waals surface area contributed by atoms with Crippen LogP contribution in [0.4, 0.5) is 0 Å². The molecule has 1 aromatic rings. The van der Waals surface area contributed by atoms with Crippen molar-refractivity contribution in [3.8, 4) is 0 Å². The fourth-order valence-electron chi connectivity index (χ4n) is 5.32. The molecule has 0 bridgehead atoms. The zero-order chi connectivity index (χ0) is 21.1. The van der Waals surface area contributed by atoms with Gasteiger partial charge in [-0.05, 0) is 61.8 Å². The number of likely N-dealkylation sites (tertiary alicyclic amines) is 1. The van der Waals surface area contributed by atoms with Crippen LogP contribution in [0, 0.1) is 11.8 Å². The van der Waals surface area contributed by atoms with Crippen LogP contribution in [0.25, 0.3) is 0 Å². The number of amides is 2. The SMILES string of the molecule is CC1CCN(C(=O)[C@H](C2CCCC2)N2CCN(C(=O)c3ccc(Cl)cc3)CC2)CC1. The molecule has 1 atom stereocenters. The van der Waals surface area contributed by atoms with Gasteiger partial charge in [-0.1, -0.05) is 31.4 Å². The average Bonchev–Trinajstić information content (AvgIpc) is 3.29. The van der Waals surface area contributed by atoms with E-state index in [9.17, 15) is 9.59 Å². The predicted octanol–water partition coefficient (Wildman–Crippen LogP) is 3.92. The molecule has 2 saturated heterocycles. The van der Waals surface area contributed by atoms with E-state index in [1.807, 2.05) is 4.90 Å². The van der Waals surface area contributed by atoms with Crippen molar-refractivity contribution in [2.45, 2.75) is 51.5 Å². The second kappa shape index (κ2) is 9.69. The fraction of sp³-hybridized carbons (Fsp3) is 0.667. The van der Waals surface area contributed by atoms with Crippen LogP contribution in [0.1, 0.15) is 55.8 Å². The Labute approximate surface area is 185 Å². The number of piperazine rings is 1. The van der Waals surface area contributed by atoms with Gasteiger partial charge in [0.15, 0.2) is 0 Å². The number of benzene rings is 1. The second-order valence-electron chi connectivity index (χ2n) is 9.33. The van der Waals surface area contributed by atoms with Gasteiger partial charge in [0.2, 0.25) is 5.91 Å². The maximum Gasteiger partial charge on any atom is 0.253 e. The molecule has 4 rings (SSSR count). The minimum atomic E-state index is -0.00584. The highest BCUT2D eigenvalue weighted by molar-refractivity contribution is 6.30. The summed E-state index contributed by atoms with van der Waals surface area (Å²) < 4.78 is 0. The highest BCUT2D eigenvalue weighted by Gasteiger charge is 2.39. The van der Waals surface area contributed by atoms with Gasteiger partial charge in [-0.15, -0.1) is 0 Å². The first kappa shape index (κ1) is 21.6. The number of nitrogens with zero attached hydrogens (tertiary/aromatic N) is 3. The van der Waals surface area contributed by atoms with Gasteiger partial charge in [0.25, 0.3) is 5.91 Å². The largest absolute Gasteiger partial charge is 0.341 e. The standard InChI is InChI=1S/C24H34ClN3O2/c1-18-10-12-27(13-11-18)24(30)22(19-4-2-3-5-19)26-14-16-28(17-15-26)23(29)20-6-8-21(25)9-7-20/h6-9,18-19,22H,2-5,10-17H2,1H3/t22-/m0/s1. The summed E-state index contributed by atoms with van der Waals surface area (Å²) in [4.78, 5) is 32.8. The Morgan fingerprint density at radius 2 is 1.47 bits per heavy atom. The molecule has 3 aliphatic rings. The third kappa shape index (κ3) is 4.83. The zero-order valence-corrected chi connectivity index (χ0v) is 18.8. The second-order valence-corrected chi connectivity index (χ2v) is 9.77. The lowest BCUT2D eigenvalue weighted by atomic mass is 9.92. The molecule has 30 heavy (non-hydrogen) atoms. The highest BCUT2D eigenvalue weighted by atomic mass is 35.5. The Hall–Kier alpha value is -1.59. The molecule has 0 radical (unpaired) electrons. The van der Waals surface area contributed by atoms with Gasteiger partial charge < -0.3 is 9.80 Å². The van der Waals surface area contributed by atoms with Crippen LogP contribution in [0.2, 0.25) is 5.02 Å². The monoisotopic (exact) mass is 431 g/mol. The molecule has 0 unspecified atom stereocenters. The topological polar surface area (TPSA) is 43.9 Å². The Kier molecular flexibility index (Phi) is 6.99. The summed E-state index contributed by atoms with van der Waals surface area (Å²) >= 11 is 5.95. The van der Waals surface area contributed by atoms with Crippen molar-refractivity contribution in [3.05, 3.63) is 34.9 Å². The van der Waals surface area contributed by atoms with Gasteiger partial charge in [0.05, 0.1) is 6.04 Å². The summed E-state index contributed by atoms with van der Waals surface area (Å²) in [6.07, 6.45) is 7.02. The summed E-state index contributed by atoms with van der Waals surface area (Å²) in [7, 11) is 0. The molecule has 0 spiro atoms. The number of piperidine rings is 1. The summed E-state index contributed by atoms with van der Waals surface area (Å²) in [5.41, 5.74) is 0.679. The number of carbonyl (C=O) groups is 2. The van der Waals surface area contributed by atoms with Crippen molar-refractivity contribution >= 4 is 23.4 Å². The van der Waals surface area contributed by atoms with E-state index in [0.717, 1.165) is 57.8 Å². The summed E-state index contributed by atoms with van der Waals surface area (Å²) in [6, 6.07) is 7.10. The van der Waals surface area contributed by atoms with Crippen LogP contribution in [0.3, 0.4) is 0 Å². The molecule has 6 heteroatoms. The lowest BCUT2D eigenvalue weighted by Crippen LogP contribution is -2.59. The minimum absolute atomic E-state index is 0.00584. The van der Waals surface area contributed by atoms with Crippen LogP contribution in [0.15, 0.2) is 24.3 Å². The van der Waals surface area contributed by atoms with Crippen LogP contribution < -0.4 is 0 Å². The molecule has 2 heterocycles. The van der Waals surface area contributed by atoms with Crippen molar-refractivity contribution in [1.29, 1.82) is 0 Å². The average molecular weight is 432 g/mol. The Balaban J connectivity index is 1.41. The first-order chi connectivity index (χ1) is 14.5. The third-order valence-electron chi connectivity index (χ3n) is 7.28. The highest BCUT2D eigenvalue weighted by Crippen LogP contribution is 2.33. The van der Waals surface area contributed by atoms with E-state index in [0.29, 0.717) is 35.5 Å². The van der Waals surface area contributed by atoms with Crippen molar-refractivity contribution < 1.29 is 9.59 Å². The summed E-state index contributed by atoms with van der Waals surface area (Å²) in [6.45, 7) is 6.99. The molecule has 0 N–H and O–H groups in total. The van der Waals surface area contributed by atoms with Crippen molar-refractivity contribution in [2.24, 2.45) is 11.8 Å². The Morgan fingerprint density at radius 3 is 2.07 bits per heavy atom. The van der Waals surface area contributed by atoms with Crippen LogP contribution >= 0.6 is 11.6 Å². The lowest BCUT2D eigenvalue weighted by molar-refractivity contribution is -0.141. The van der Waals surface area contributed by atoms with Gasteiger partial charge in [-0.3, -0.25) is 14.5 Å². The molecule has 2 amide bonds. The van der Waals surface area contributed by atoms with Crippen LogP contribution in [0.5, 0.6) is 0 Å². The van der Waals surface area contributed by atoms with Crippen molar-refractivity contribution in [1.82, 2.24) is 14.7 Å². The van der Waals surface area contributed by atoms with E-state index in [-0.39, 0.29) is 11.9 Å². The van der Waals surface area contributed by atoms with E-state index in [1.165, 1.54) is 12.8 Å². The molecule has 1 aromatic carbocycles. The van der Waals surface area contributed by atoms with Gasteiger partial charge in [0.1, 0.15) is 0 Å². The van der Waals surface area contributed by atoms with E-state index in [4.69, 9.17) is 11.6 Å². The number of rotatable bonds is 4. The van der Waals surface area contributed by atoms with E-state index in [1.54, 1.807) is 24.3 Å². The van der Waals surface area contributed by atoms with E-state index < -0.39 is 0 Å². The normalized spacial score (nSPS) is 23.0. The lowest BCUT2D eigenvalue weighted by Gasteiger charge is -2.43. The molecule has 1 saturated carbocycles. The molecule has 1 aliphatic carbocycles. The van der Waals surface area contributed by atoms with E-state index >= 15 is 0 Å². The van der Waals surface area contributed by atoms with Crippen molar-refractivity contribution in [3.63, 3.8) is 0 Å². The Morgan fingerprint density at radius 1 is 0.867 bits per heavy atom. The number of hydrogen-bond donors (Lipinski definition) is 0. The number of hydrogen-bond acceptors (Lipinski definition) is 3. The van der Waals surface area contributed by atoms with Gasteiger partial charge in [-0.25, -0.2) is 0 Å².